The summed E-state index contributed by atoms with van der Waals surface area (Å²) in [7, 11) is 0. The second kappa shape index (κ2) is 5.57. The molecule has 1 aliphatic heterocycles. The molecule has 0 saturated carbocycles. The average Bonchev–Trinajstić information content (AvgIpc) is 2.89. The number of ether oxygens (including phenoxy) is 1. The number of hydrogen-bond acceptors (Lipinski definition) is 3. The molecule has 2 heterocycles. The van der Waals surface area contributed by atoms with Gasteiger partial charge in [0.1, 0.15) is 22.9 Å². The Labute approximate surface area is 128 Å². The fraction of sp³-hybridized carbons (Fsp3) is 0.353. The smallest absolute Gasteiger partial charge is 0.231 e. The normalized spacial score (nSPS) is 17.6. The molecule has 1 saturated heterocycles. The van der Waals surface area contributed by atoms with Crippen LogP contribution in [0, 0.1) is 12.7 Å². The molecule has 22 heavy (non-hydrogen) atoms. The van der Waals surface area contributed by atoms with Crippen LogP contribution in [0.2, 0.25) is 0 Å². The van der Waals surface area contributed by atoms with Crippen molar-refractivity contribution in [3.8, 4) is 0 Å². The maximum absolute atomic E-state index is 14.1. The number of aryl methyl sites for hydroxylation is 1. The fourth-order valence-corrected chi connectivity index (χ4v) is 2.61. The minimum absolute atomic E-state index is 0.207. The predicted molar refractivity (Wildman–Crippen MR) is 78.9 cm³/mol. The zero-order valence-corrected chi connectivity index (χ0v) is 12.6. The van der Waals surface area contributed by atoms with Crippen LogP contribution in [0.4, 0.5) is 4.39 Å². The molecule has 2 aromatic rings. The Hall–Kier alpha value is -2.14. The van der Waals surface area contributed by atoms with E-state index in [-0.39, 0.29) is 24.9 Å². The second-order valence-corrected chi connectivity index (χ2v) is 5.71. The number of hydrogen-bond donors (Lipinski definition) is 1. The summed E-state index contributed by atoms with van der Waals surface area (Å²) in [5.74, 6) is 0.357. The van der Waals surface area contributed by atoms with Crippen molar-refractivity contribution in [1.82, 2.24) is 5.32 Å². The third kappa shape index (κ3) is 2.52. The summed E-state index contributed by atoms with van der Waals surface area (Å²) in [6.45, 7) is 4.13. The van der Waals surface area contributed by atoms with E-state index in [1.54, 1.807) is 31.2 Å². The van der Waals surface area contributed by atoms with Crippen molar-refractivity contribution in [3.05, 3.63) is 59.3 Å². The summed E-state index contributed by atoms with van der Waals surface area (Å²) in [6, 6.07) is 10.1. The van der Waals surface area contributed by atoms with Gasteiger partial charge in [-0.25, -0.2) is 4.39 Å². The van der Waals surface area contributed by atoms with Gasteiger partial charge in [0.05, 0.1) is 19.1 Å². The maximum Gasteiger partial charge on any atom is 0.231 e. The number of benzene rings is 1. The van der Waals surface area contributed by atoms with Gasteiger partial charge in [-0.2, -0.15) is 0 Å². The Bertz CT molecular complexity index is 691. The first-order valence-electron chi connectivity index (χ1n) is 7.23. The maximum atomic E-state index is 14.1. The molecule has 116 valence electrons. The number of carbonyl (C=O) groups excluding carboxylic acids is 1. The number of furan rings is 1. The van der Waals surface area contributed by atoms with Crippen LogP contribution in [0.15, 0.2) is 40.8 Å². The molecule has 0 unspecified atom stereocenters. The molecule has 5 heteroatoms. The molecular formula is C17H18FNO3. The van der Waals surface area contributed by atoms with Crippen molar-refractivity contribution in [2.45, 2.75) is 25.3 Å². The van der Waals surface area contributed by atoms with E-state index in [0.717, 1.165) is 5.76 Å². The van der Waals surface area contributed by atoms with Gasteiger partial charge in [-0.1, -0.05) is 18.2 Å². The summed E-state index contributed by atoms with van der Waals surface area (Å²) in [5.41, 5.74) is -0.337. The zero-order chi connectivity index (χ0) is 15.7. The van der Waals surface area contributed by atoms with Crippen LogP contribution in [0.1, 0.15) is 29.9 Å². The van der Waals surface area contributed by atoms with E-state index in [4.69, 9.17) is 9.15 Å². The quantitative estimate of drug-likeness (QED) is 0.945. The summed E-state index contributed by atoms with van der Waals surface area (Å²) in [5, 5.41) is 2.93. The summed E-state index contributed by atoms with van der Waals surface area (Å²) < 4.78 is 24.8. The van der Waals surface area contributed by atoms with Crippen molar-refractivity contribution in [3.63, 3.8) is 0 Å². The molecule has 1 fully saturated rings. The van der Waals surface area contributed by atoms with E-state index in [1.807, 2.05) is 13.0 Å². The van der Waals surface area contributed by atoms with Crippen molar-refractivity contribution in [1.29, 1.82) is 0 Å². The van der Waals surface area contributed by atoms with Crippen LogP contribution in [0.3, 0.4) is 0 Å². The van der Waals surface area contributed by atoms with Gasteiger partial charge in [0.2, 0.25) is 5.91 Å². The predicted octanol–water partition coefficient (Wildman–Crippen LogP) is 2.87. The van der Waals surface area contributed by atoms with Gasteiger partial charge in [-0.05, 0) is 32.0 Å². The number of halogens is 1. The number of amides is 1. The van der Waals surface area contributed by atoms with Crippen LogP contribution in [0.25, 0.3) is 0 Å². The van der Waals surface area contributed by atoms with Gasteiger partial charge in [0, 0.05) is 5.56 Å². The average molecular weight is 303 g/mol. The first-order chi connectivity index (χ1) is 10.5. The number of rotatable bonds is 4. The van der Waals surface area contributed by atoms with E-state index < -0.39 is 11.5 Å². The Morgan fingerprint density at radius 1 is 1.27 bits per heavy atom. The Kier molecular flexibility index (Phi) is 3.74. The Morgan fingerprint density at radius 3 is 2.55 bits per heavy atom. The lowest BCUT2D eigenvalue weighted by Crippen LogP contribution is -2.60. The van der Waals surface area contributed by atoms with Crippen molar-refractivity contribution in [2.24, 2.45) is 0 Å². The van der Waals surface area contributed by atoms with Gasteiger partial charge in [-0.3, -0.25) is 4.79 Å². The monoisotopic (exact) mass is 303 g/mol. The van der Waals surface area contributed by atoms with E-state index in [0.29, 0.717) is 11.3 Å². The highest BCUT2D eigenvalue weighted by atomic mass is 19.1. The van der Waals surface area contributed by atoms with Gasteiger partial charge in [0.15, 0.2) is 0 Å². The fourth-order valence-electron chi connectivity index (χ4n) is 2.61. The first kappa shape index (κ1) is 14.8. The van der Waals surface area contributed by atoms with Crippen molar-refractivity contribution < 1.29 is 18.3 Å². The Balaban J connectivity index is 1.81. The molecule has 0 aliphatic carbocycles. The van der Waals surface area contributed by atoms with Gasteiger partial charge in [0.25, 0.3) is 0 Å². The lowest BCUT2D eigenvalue weighted by molar-refractivity contribution is -0.135. The van der Waals surface area contributed by atoms with Crippen LogP contribution in [-0.2, 0) is 15.1 Å². The van der Waals surface area contributed by atoms with E-state index in [1.165, 1.54) is 6.07 Å². The summed E-state index contributed by atoms with van der Waals surface area (Å²) >= 11 is 0. The lowest BCUT2D eigenvalue weighted by Gasteiger charge is -2.43. The number of carbonyl (C=O) groups is 1. The molecule has 1 amide bonds. The second-order valence-electron chi connectivity index (χ2n) is 5.71. The van der Waals surface area contributed by atoms with Gasteiger partial charge >= 0.3 is 0 Å². The van der Waals surface area contributed by atoms with Gasteiger partial charge in [-0.15, -0.1) is 0 Å². The third-order valence-corrected chi connectivity index (χ3v) is 4.03. The standard InChI is InChI=1S/C17H18FNO3/c1-11-7-8-15(22-11)12(2)16(20)19-17(9-21-10-17)13-5-3-4-6-14(13)18/h3-8,12H,9-10H2,1-2H3,(H,19,20)/t12-/m1/s1. The van der Waals surface area contributed by atoms with Crippen molar-refractivity contribution >= 4 is 5.91 Å². The minimum atomic E-state index is -0.793. The van der Waals surface area contributed by atoms with Crippen LogP contribution >= 0.6 is 0 Å². The lowest BCUT2D eigenvalue weighted by atomic mass is 9.86. The zero-order valence-electron chi connectivity index (χ0n) is 12.6. The van der Waals surface area contributed by atoms with Crippen LogP contribution in [0.5, 0.6) is 0 Å². The highest BCUT2D eigenvalue weighted by Gasteiger charge is 2.44. The number of nitrogens with one attached hydrogen (secondary N) is 1. The van der Waals surface area contributed by atoms with Crippen molar-refractivity contribution in [2.75, 3.05) is 13.2 Å². The molecule has 1 N–H and O–H groups in total. The molecule has 3 rings (SSSR count). The van der Waals surface area contributed by atoms with Gasteiger partial charge < -0.3 is 14.5 Å². The van der Waals surface area contributed by atoms with E-state index >= 15 is 0 Å². The first-order valence-corrected chi connectivity index (χ1v) is 7.23. The van der Waals surface area contributed by atoms with Crippen LogP contribution in [-0.4, -0.2) is 19.1 Å². The molecule has 1 aromatic heterocycles. The van der Waals surface area contributed by atoms with Crippen LogP contribution < -0.4 is 5.32 Å². The molecule has 0 radical (unpaired) electrons. The molecule has 1 aliphatic rings. The topological polar surface area (TPSA) is 51.5 Å². The highest BCUT2D eigenvalue weighted by molar-refractivity contribution is 5.83. The minimum Gasteiger partial charge on any atom is -0.466 e. The molecule has 4 nitrogen and oxygen atoms in total. The van der Waals surface area contributed by atoms with E-state index in [9.17, 15) is 9.18 Å². The molecular weight excluding hydrogens is 285 g/mol. The SMILES string of the molecule is Cc1ccc([C@@H](C)C(=O)NC2(c3ccccc3F)COC2)o1. The highest BCUT2D eigenvalue weighted by Crippen LogP contribution is 2.32. The van der Waals surface area contributed by atoms with E-state index in [2.05, 4.69) is 5.32 Å². The Morgan fingerprint density at radius 2 is 2.00 bits per heavy atom. The largest absolute Gasteiger partial charge is 0.466 e. The summed E-state index contributed by atoms with van der Waals surface area (Å²) in [6.07, 6.45) is 0. The molecule has 0 spiro atoms. The molecule has 1 aromatic carbocycles. The third-order valence-electron chi connectivity index (χ3n) is 4.03. The summed E-state index contributed by atoms with van der Waals surface area (Å²) in [4.78, 5) is 12.5. The molecule has 1 atom stereocenters. The molecule has 0 bridgehead atoms.